The van der Waals surface area contributed by atoms with Crippen LogP contribution in [-0.2, 0) is 9.59 Å². The number of ether oxygens (including phenoxy) is 2. The highest BCUT2D eigenvalue weighted by Crippen LogP contribution is 2.26. The van der Waals surface area contributed by atoms with Crippen molar-refractivity contribution in [2.24, 2.45) is 0 Å². The SMILES string of the molecule is COc1ccc(C=C2NC(=O)C(=S)NC2=O)c(OC)c1. The normalized spacial score (nSPS) is 16.7. The zero-order chi connectivity index (χ0) is 14.7. The Kier molecular flexibility index (Phi) is 3.99. The largest absolute Gasteiger partial charge is 0.497 e. The highest BCUT2D eigenvalue weighted by Gasteiger charge is 2.24. The summed E-state index contributed by atoms with van der Waals surface area (Å²) in [4.78, 5) is 23.0. The van der Waals surface area contributed by atoms with Crippen LogP contribution in [0.1, 0.15) is 5.56 Å². The number of carbonyl (C=O) groups is 2. The lowest BCUT2D eigenvalue weighted by Crippen LogP contribution is -2.50. The molecule has 1 aliphatic heterocycles. The first kappa shape index (κ1) is 14.0. The van der Waals surface area contributed by atoms with Gasteiger partial charge in [0.15, 0.2) is 4.99 Å². The third-order valence-corrected chi connectivity index (χ3v) is 2.95. The fourth-order valence-corrected chi connectivity index (χ4v) is 1.80. The smallest absolute Gasteiger partial charge is 0.283 e. The minimum atomic E-state index is -0.515. The van der Waals surface area contributed by atoms with Crippen LogP contribution >= 0.6 is 12.2 Å². The fourth-order valence-electron chi connectivity index (χ4n) is 1.66. The minimum Gasteiger partial charge on any atom is -0.497 e. The van der Waals surface area contributed by atoms with Gasteiger partial charge in [-0.25, -0.2) is 0 Å². The summed E-state index contributed by atoms with van der Waals surface area (Å²) >= 11 is 4.69. The molecule has 0 spiro atoms. The van der Waals surface area contributed by atoms with E-state index in [4.69, 9.17) is 21.7 Å². The van der Waals surface area contributed by atoms with Crippen molar-refractivity contribution < 1.29 is 19.1 Å². The van der Waals surface area contributed by atoms with Crippen LogP contribution < -0.4 is 20.1 Å². The molecule has 0 bridgehead atoms. The van der Waals surface area contributed by atoms with E-state index in [1.807, 2.05) is 0 Å². The second-order valence-corrected chi connectivity index (χ2v) is 4.31. The summed E-state index contributed by atoms with van der Waals surface area (Å²) in [5, 5.41) is 4.73. The maximum absolute atomic E-state index is 11.7. The van der Waals surface area contributed by atoms with Crippen molar-refractivity contribution in [2.75, 3.05) is 14.2 Å². The quantitative estimate of drug-likeness (QED) is 0.631. The molecule has 0 saturated carbocycles. The molecule has 1 aromatic rings. The molecule has 0 unspecified atom stereocenters. The maximum Gasteiger partial charge on any atom is 0.283 e. The van der Waals surface area contributed by atoms with Gasteiger partial charge < -0.3 is 20.1 Å². The van der Waals surface area contributed by atoms with Gasteiger partial charge in [0.2, 0.25) is 0 Å². The standard InChI is InChI=1S/C13H12N2O4S/c1-18-8-4-3-7(10(6-8)19-2)5-9-11(16)15-13(20)12(17)14-9/h3-6H,1-2H3,(H,14,17)(H,15,16,20). The number of benzene rings is 1. The Morgan fingerprint density at radius 3 is 2.50 bits per heavy atom. The Hall–Kier alpha value is -2.41. The van der Waals surface area contributed by atoms with Gasteiger partial charge >= 0.3 is 0 Å². The zero-order valence-corrected chi connectivity index (χ0v) is 11.7. The third-order valence-electron chi connectivity index (χ3n) is 2.67. The van der Waals surface area contributed by atoms with E-state index in [0.29, 0.717) is 17.1 Å². The first-order chi connectivity index (χ1) is 9.55. The molecule has 1 heterocycles. The van der Waals surface area contributed by atoms with Crippen LogP contribution in [0.25, 0.3) is 6.08 Å². The summed E-state index contributed by atoms with van der Waals surface area (Å²) in [6.45, 7) is 0. The molecule has 7 heteroatoms. The van der Waals surface area contributed by atoms with Gasteiger partial charge in [-0.15, -0.1) is 0 Å². The molecule has 0 aliphatic carbocycles. The minimum absolute atomic E-state index is 0.104. The number of piperazine rings is 1. The molecule has 0 atom stereocenters. The molecule has 1 saturated heterocycles. The predicted octanol–water partition coefficient (Wildman–Crippen LogP) is 0.618. The molecule has 1 aromatic carbocycles. The van der Waals surface area contributed by atoms with E-state index in [1.165, 1.54) is 13.2 Å². The lowest BCUT2D eigenvalue weighted by molar-refractivity contribution is -0.122. The van der Waals surface area contributed by atoms with Crippen molar-refractivity contribution in [1.82, 2.24) is 10.6 Å². The zero-order valence-electron chi connectivity index (χ0n) is 10.9. The molecule has 0 radical (unpaired) electrons. The highest BCUT2D eigenvalue weighted by atomic mass is 32.1. The maximum atomic E-state index is 11.7. The monoisotopic (exact) mass is 292 g/mol. The molecule has 2 N–H and O–H groups in total. The molecule has 1 aliphatic rings. The van der Waals surface area contributed by atoms with Crippen LogP contribution in [0, 0.1) is 0 Å². The van der Waals surface area contributed by atoms with Gasteiger partial charge in [-0.1, -0.05) is 12.2 Å². The van der Waals surface area contributed by atoms with E-state index < -0.39 is 11.8 Å². The lowest BCUT2D eigenvalue weighted by atomic mass is 10.1. The number of methoxy groups -OCH3 is 2. The topological polar surface area (TPSA) is 76.7 Å². The molecule has 1 fully saturated rings. The lowest BCUT2D eigenvalue weighted by Gasteiger charge is -2.17. The van der Waals surface area contributed by atoms with Gasteiger partial charge in [0.1, 0.15) is 17.2 Å². The summed E-state index contributed by atoms with van der Waals surface area (Å²) in [5.74, 6) is 0.167. The first-order valence-electron chi connectivity index (χ1n) is 5.65. The van der Waals surface area contributed by atoms with Crippen LogP contribution in [0.4, 0.5) is 0 Å². The average Bonchev–Trinajstić information content (AvgIpc) is 2.45. The molecular formula is C13H12N2O4S. The van der Waals surface area contributed by atoms with Crippen molar-refractivity contribution in [3.63, 3.8) is 0 Å². The van der Waals surface area contributed by atoms with Crippen LogP contribution in [0.3, 0.4) is 0 Å². The van der Waals surface area contributed by atoms with Crippen LogP contribution in [0.2, 0.25) is 0 Å². The number of hydrogen-bond acceptors (Lipinski definition) is 5. The van der Waals surface area contributed by atoms with E-state index in [1.54, 1.807) is 25.3 Å². The highest BCUT2D eigenvalue weighted by molar-refractivity contribution is 7.82. The Morgan fingerprint density at radius 2 is 1.85 bits per heavy atom. The van der Waals surface area contributed by atoms with Crippen molar-refractivity contribution in [3.8, 4) is 11.5 Å². The Morgan fingerprint density at radius 1 is 1.10 bits per heavy atom. The number of amides is 2. The second-order valence-electron chi connectivity index (χ2n) is 3.90. The fraction of sp³-hybridized carbons (Fsp3) is 0.154. The van der Waals surface area contributed by atoms with Crippen molar-refractivity contribution in [1.29, 1.82) is 0 Å². The third kappa shape index (κ3) is 2.77. The van der Waals surface area contributed by atoms with E-state index in [2.05, 4.69) is 10.6 Å². The van der Waals surface area contributed by atoms with E-state index in [0.717, 1.165) is 0 Å². The number of nitrogens with one attached hydrogen (secondary N) is 2. The van der Waals surface area contributed by atoms with Crippen LogP contribution in [0.15, 0.2) is 23.9 Å². The van der Waals surface area contributed by atoms with Gasteiger partial charge in [0, 0.05) is 11.6 Å². The number of hydrogen-bond donors (Lipinski definition) is 2. The van der Waals surface area contributed by atoms with Crippen molar-refractivity contribution in [3.05, 3.63) is 29.5 Å². The van der Waals surface area contributed by atoms with Crippen LogP contribution in [-0.4, -0.2) is 31.0 Å². The van der Waals surface area contributed by atoms with Gasteiger partial charge in [-0.2, -0.15) is 0 Å². The number of rotatable bonds is 3. The van der Waals surface area contributed by atoms with Gasteiger partial charge in [0.25, 0.3) is 11.8 Å². The summed E-state index contributed by atoms with van der Waals surface area (Å²) in [7, 11) is 3.05. The first-order valence-corrected chi connectivity index (χ1v) is 6.06. The van der Waals surface area contributed by atoms with Gasteiger partial charge in [-0.3, -0.25) is 9.59 Å². The van der Waals surface area contributed by atoms with Gasteiger partial charge in [0.05, 0.1) is 14.2 Å². The van der Waals surface area contributed by atoms with E-state index in [9.17, 15) is 9.59 Å². The Bertz CT molecular complexity index is 625. The molecule has 6 nitrogen and oxygen atoms in total. The second kappa shape index (κ2) is 5.70. The molecule has 104 valence electrons. The van der Waals surface area contributed by atoms with E-state index in [-0.39, 0.29) is 10.7 Å². The molecule has 2 amide bonds. The molecular weight excluding hydrogens is 280 g/mol. The number of thiocarbonyl (C=S) groups is 1. The predicted molar refractivity (Wildman–Crippen MR) is 76.4 cm³/mol. The summed E-state index contributed by atoms with van der Waals surface area (Å²) in [6, 6.07) is 5.12. The van der Waals surface area contributed by atoms with E-state index >= 15 is 0 Å². The van der Waals surface area contributed by atoms with Crippen molar-refractivity contribution >= 4 is 35.1 Å². The summed E-state index contributed by atoms with van der Waals surface area (Å²) in [5.41, 5.74) is 0.735. The summed E-state index contributed by atoms with van der Waals surface area (Å²) < 4.78 is 10.3. The Labute approximate surface area is 120 Å². The van der Waals surface area contributed by atoms with Gasteiger partial charge in [-0.05, 0) is 18.2 Å². The van der Waals surface area contributed by atoms with Crippen LogP contribution in [0.5, 0.6) is 11.5 Å². The number of carbonyl (C=O) groups excluding carboxylic acids is 2. The van der Waals surface area contributed by atoms with Crippen molar-refractivity contribution in [2.45, 2.75) is 0 Å². The summed E-state index contributed by atoms with van der Waals surface area (Å²) in [6.07, 6.45) is 1.51. The Balaban J connectivity index is 2.37. The molecule has 0 aromatic heterocycles. The molecule has 2 rings (SSSR count). The molecule has 20 heavy (non-hydrogen) atoms. The average molecular weight is 292 g/mol.